The summed E-state index contributed by atoms with van der Waals surface area (Å²) in [7, 11) is 1.64. The maximum atomic E-state index is 13.6. The molecule has 0 amide bonds. The number of rotatable bonds is 5. The molecule has 0 aliphatic rings. The number of ether oxygens (including phenoxy) is 1. The maximum Gasteiger partial charge on any atom is 0.392 e. The van der Waals surface area contributed by atoms with Gasteiger partial charge in [0, 0.05) is 11.6 Å². The molecule has 18 heavy (non-hydrogen) atoms. The second-order valence-electron chi connectivity index (χ2n) is 3.88. The molecule has 1 unspecified atom stereocenters. The van der Waals surface area contributed by atoms with Crippen LogP contribution in [0.3, 0.4) is 0 Å². The van der Waals surface area contributed by atoms with E-state index >= 15 is 0 Å². The van der Waals surface area contributed by atoms with E-state index in [1.807, 2.05) is 0 Å². The van der Waals surface area contributed by atoms with Gasteiger partial charge in [0.25, 0.3) is 0 Å². The first-order valence-corrected chi connectivity index (χ1v) is 5.50. The van der Waals surface area contributed by atoms with Crippen LogP contribution in [0.5, 0.6) is 5.75 Å². The zero-order valence-corrected chi connectivity index (χ0v) is 10.1. The molecule has 0 bridgehead atoms. The van der Waals surface area contributed by atoms with Crippen LogP contribution in [0.2, 0.25) is 0 Å². The van der Waals surface area contributed by atoms with Crippen LogP contribution in [0.25, 0.3) is 0 Å². The van der Waals surface area contributed by atoms with E-state index in [1.165, 1.54) is 18.2 Å². The molecule has 0 heterocycles. The van der Waals surface area contributed by atoms with E-state index < -0.39 is 25.0 Å². The van der Waals surface area contributed by atoms with Crippen LogP contribution in [0.15, 0.2) is 18.2 Å². The van der Waals surface area contributed by atoms with E-state index in [-0.39, 0.29) is 17.4 Å². The van der Waals surface area contributed by atoms with Crippen LogP contribution in [-0.4, -0.2) is 19.8 Å². The fourth-order valence-electron chi connectivity index (χ4n) is 1.48. The number of nitrogens with one attached hydrogen (secondary N) is 1. The van der Waals surface area contributed by atoms with E-state index in [2.05, 4.69) is 5.32 Å². The van der Waals surface area contributed by atoms with Gasteiger partial charge in [-0.3, -0.25) is 0 Å². The Morgan fingerprint density at radius 3 is 2.56 bits per heavy atom. The number of hydrogen-bond acceptors (Lipinski definition) is 2. The van der Waals surface area contributed by atoms with Crippen LogP contribution >= 0.6 is 0 Å². The molecule has 0 aromatic heterocycles. The summed E-state index contributed by atoms with van der Waals surface area (Å²) in [5.74, 6) is -0.359. The molecule has 0 spiro atoms. The van der Waals surface area contributed by atoms with Gasteiger partial charge in [0.1, 0.15) is 11.6 Å². The molecule has 0 fully saturated rings. The highest BCUT2D eigenvalue weighted by Gasteiger charge is 2.27. The summed E-state index contributed by atoms with van der Waals surface area (Å²) in [6.45, 7) is 1.19. The zero-order valence-electron chi connectivity index (χ0n) is 10.1. The van der Waals surface area contributed by atoms with Crippen molar-refractivity contribution >= 4 is 0 Å². The van der Waals surface area contributed by atoms with Crippen molar-refractivity contribution in [1.82, 2.24) is 5.32 Å². The van der Waals surface area contributed by atoms with Gasteiger partial charge in [-0.25, -0.2) is 4.39 Å². The summed E-state index contributed by atoms with van der Waals surface area (Å²) in [4.78, 5) is 0. The van der Waals surface area contributed by atoms with Crippen molar-refractivity contribution in [3.8, 4) is 5.75 Å². The molecule has 0 saturated heterocycles. The smallest absolute Gasteiger partial charge is 0.392 e. The van der Waals surface area contributed by atoms with Gasteiger partial charge in [0.15, 0.2) is 0 Å². The van der Waals surface area contributed by atoms with Gasteiger partial charge in [0.05, 0.1) is 13.0 Å². The first-order valence-electron chi connectivity index (χ1n) is 5.50. The van der Waals surface area contributed by atoms with Gasteiger partial charge in [-0.05, 0) is 26.1 Å². The lowest BCUT2D eigenvalue weighted by Gasteiger charge is -2.17. The molecule has 1 atom stereocenters. The maximum absolute atomic E-state index is 13.6. The normalized spacial score (nSPS) is 13.4. The summed E-state index contributed by atoms with van der Waals surface area (Å²) in [5.41, 5.74) is 0.238. The Bertz CT molecular complexity index is 392. The average Bonchev–Trinajstić information content (AvgIpc) is 2.26. The largest absolute Gasteiger partial charge is 0.493 e. The summed E-state index contributed by atoms with van der Waals surface area (Å²) >= 11 is 0. The Morgan fingerprint density at radius 1 is 1.33 bits per heavy atom. The Labute approximate surface area is 103 Å². The van der Waals surface area contributed by atoms with Crippen molar-refractivity contribution in [1.29, 1.82) is 0 Å². The molecular formula is C12H15F4NO. The number of hydrogen-bond donors (Lipinski definition) is 1. The van der Waals surface area contributed by atoms with E-state index in [0.717, 1.165) is 0 Å². The molecular weight excluding hydrogens is 250 g/mol. The molecule has 2 nitrogen and oxygen atoms in total. The zero-order chi connectivity index (χ0) is 13.8. The summed E-state index contributed by atoms with van der Waals surface area (Å²) in [5, 5.41) is 2.83. The quantitative estimate of drug-likeness (QED) is 0.823. The third kappa shape index (κ3) is 4.18. The van der Waals surface area contributed by atoms with Gasteiger partial charge >= 0.3 is 6.18 Å². The minimum atomic E-state index is -4.28. The van der Waals surface area contributed by atoms with Crippen molar-refractivity contribution in [2.24, 2.45) is 0 Å². The first-order chi connectivity index (χ1) is 8.35. The molecule has 1 aromatic carbocycles. The van der Waals surface area contributed by atoms with Crippen molar-refractivity contribution < 1.29 is 22.3 Å². The third-order valence-electron chi connectivity index (χ3n) is 2.52. The molecule has 6 heteroatoms. The minimum Gasteiger partial charge on any atom is -0.493 e. The molecule has 1 N–H and O–H groups in total. The standard InChI is InChI=1S/C12H15F4NO/c1-8(17-2)11-9(13)4-3-5-10(11)18-7-6-12(14,15)16/h3-5,8,17H,6-7H2,1-2H3. The van der Waals surface area contributed by atoms with Gasteiger partial charge in [-0.15, -0.1) is 0 Å². The highest BCUT2D eigenvalue weighted by atomic mass is 19.4. The lowest BCUT2D eigenvalue weighted by Crippen LogP contribution is -2.17. The van der Waals surface area contributed by atoms with E-state index in [0.29, 0.717) is 0 Å². The molecule has 1 rings (SSSR count). The second kappa shape index (κ2) is 6.04. The summed E-state index contributed by atoms with van der Waals surface area (Å²) in [6.07, 6.45) is -5.33. The lowest BCUT2D eigenvalue weighted by atomic mass is 10.1. The van der Waals surface area contributed by atoms with Gasteiger partial charge < -0.3 is 10.1 Å². The molecule has 1 aromatic rings. The third-order valence-corrected chi connectivity index (χ3v) is 2.52. The van der Waals surface area contributed by atoms with Crippen LogP contribution in [0.4, 0.5) is 17.6 Å². The van der Waals surface area contributed by atoms with Gasteiger partial charge in [-0.2, -0.15) is 13.2 Å². The second-order valence-corrected chi connectivity index (χ2v) is 3.88. The van der Waals surface area contributed by atoms with Crippen molar-refractivity contribution in [3.63, 3.8) is 0 Å². The first kappa shape index (κ1) is 14.8. The summed E-state index contributed by atoms with van der Waals surface area (Å²) in [6, 6.07) is 3.78. The molecule has 0 radical (unpaired) electrons. The molecule has 0 aliphatic carbocycles. The number of benzene rings is 1. The number of halogens is 4. The Balaban J connectivity index is 2.79. The van der Waals surface area contributed by atoms with E-state index in [9.17, 15) is 17.6 Å². The monoisotopic (exact) mass is 265 g/mol. The minimum absolute atomic E-state index is 0.140. The highest BCUT2D eigenvalue weighted by Crippen LogP contribution is 2.28. The molecule has 0 aliphatic heterocycles. The molecule has 0 saturated carbocycles. The lowest BCUT2D eigenvalue weighted by molar-refractivity contribution is -0.139. The van der Waals surface area contributed by atoms with Crippen LogP contribution < -0.4 is 10.1 Å². The average molecular weight is 265 g/mol. The SMILES string of the molecule is CNC(C)c1c(F)cccc1OCCC(F)(F)F. The highest BCUT2D eigenvalue weighted by molar-refractivity contribution is 5.36. The summed E-state index contributed by atoms with van der Waals surface area (Å²) < 4.78 is 54.6. The van der Waals surface area contributed by atoms with Crippen molar-refractivity contribution in [2.75, 3.05) is 13.7 Å². The van der Waals surface area contributed by atoms with Crippen LogP contribution in [-0.2, 0) is 0 Å². The fraction of sp³-hybridized carbons (Fsp3) is 0.500. The van der Waals surface area contributed by atoms with Crippen molar-refractivity contribution in [2.45, 2.75) is 25.6 Å². The predicted octanol–water partition coefficient (Wildman–Crippen LogP) is 3.44. The Hall–Kier alpha value is -1.30. The van der Waals surface area contributed by atoms with Gasteiger partial charge in [0.2, 0.25) is 0 Å². The van der Waals surface area contributed by atoms with E-state index in [1.54, 1.807) is 14.0 Å². The predicted molar refractivity (Wildman–Crippen MR) is 60.0 cm³/mol. The topological polar surface area (TPSA) is 21.3 Å². The van der Waals surface area contributed by atoms with Gasteiger partial charge in [-0.1, -0.05) is 6.07 Å². The van der Waals surface area contributed by atoms with Crippen LogP contribution in [0.1, 0.15) is 24.9 Å². The Kier molecular flexibility index (Phi) is 4.95. The number of alkyl halides is 3. The Morgan fingerprint density at radius 2 is 2.00 bits per heavy atom. The molecule has 102 valence electrons. The van der Waals surface area contributed by atoms with E-state index in [4.69, 9.17) is 4.74 Å². The van der Waals surface area contributed by atoms with Crippen molar-refractivity contribution in [3.05, 3.63) is 29.6 Å². The van der Waals surface area contributed by atoms with Crippen LogP contribution in [0, 0.1) is 5.82 Å². The fourth-order valence-corrected chi connectivity index (χ4v) is 1.48.